The van der Waals surface area contributed by atoms with Gasteiger partial charge >= 0.3 is 5.69 Å². The van der Waals surface area contributed by atoms with Crippen molar-refractivity contribution in [2.45, 2.75) is 115 Å². The molecule has 0 bridgehead atoms. The maximum absolute atomic E-state index is 13.4. The van der Waals surface area contributed by atoms with Crippen molar-refractivity contribution in [3.63, 3.8) is 0 Å². The molecule has 1 saturated heterocycles. The van der Waals surface area contributed by atoms with Gasteiger partial charge in [0.2, 0.25) is 11.6 Å². The Hall–Kier alpha value is -4.73. The number of hydrogen-bond donors (Lipinski definition) is 5. The lowest BCUT2D eigenvalue weighted by Gasteiger charge is -2.27. The molecule has 3 aliphatic heterocycles. The van der Waals surface area contributed by atoms with Crippen LogP contribution in [0.1, 0.15) is 103 Å². The van der Waals surface area contributed by atoms with E-state index in [2.05, 4.69) is 96.0 Å². The van der Waals surface area contributed by atoms with E-state index in [-0.39, 0.29) is 53.5 Å². The second-order valence-electron chi connectivity index (χ2n) is 19.0. The van der Waals surface area contributed by atoms with Crippen LogP contribution in [0.2, 0.25) is 0 Å². The number of rotatable bonds is 20. The van der Waals surface area contributed by atoms with Crippen molar-refractivity contribution < 1.29 is 50.3 Å². The Morgan fingerprint density at radius 2 is 1.61 bits per heavy atom. The molecule has 4 aliphatic rings. The van der Waals surface area contributed by atoms with Gasteiger partial charge in [0.15, 0.2) is 5.71 Å². The van der Waals surface area contributed by atoms with Crippen LogP contribution in [0.15, 0.2) is 112 Å². The molecule has 19 heteroatoms. The van der Waals surface area contributed by atoms with E-state index in [0.29, 0.717) is 44.5 Å². The highest BCUT2D eigenvalue weighted by Crippen LogP contribution is 2.48. The summed E-state index contributed by atoms with van der Waals surface area (Å²) in [5.41, 5.74) is 7.30. The topological polar surface area (TPSA) is 229 Å². The molecular formula is C50H64N5O11S3+. The molecule has 1 aliphatic carbocycles. The fourth-order valence-corrected chi connectivity index (χ4v) is 12.2. The number of hydrogen-bond acceptors (Lipinski definition) is 12. The van der Waals surface area contributed by atoms with Crippen LogP contribution < -0.4 is 15.9 Å². The highest BCUT2D eigenvalue weighted by Gasteiger charge is 2.44. The molecule has 4 heterocycles. The van der Waals surface area contributed by atoms with Crippen LogP contribution in [0.5, 0.6) is 0 Å². The van der Waals surface area contributed by atoms with Crippen molar-refractivity contribution in [1.82, 2.24) is 9.55 Å². The van der Waals surface area contributed by atoms with Crippen LogP contribution in [-0.2, 0) is 40.6 Å². The highest BCUT2D eigenvalue weighted by molar-refractivity contribution is 8.03. The zero-order chi connectivity index (χ0) is 49.7. The lowest BCUT2D eigenvalue weighted by Crippen LogP contribution is -2.28. The Kier molecular flexibility index (Phi) is 16.4. The summed E-state index contributed by atoms with van der Waals surface area (Å²) < 4.78 is 74.1. The molecule has 372 valence electrons. The summed E-state index contributed by atoms with van der Waals surface area (Å²) >= 11 is 1.58. The zero-order valence-corrected chi connectivity index (χ0v) is 42.0. The summed E-state index contributed by atoms with van der Waals surface area (Å²) in [4.78, 5) is 33.7. The molecule has 1 aromatic heterocycles. The van der Waals surface area contributed by atoms with Gasteiger partial charge in [-0.1, -0.05) is 62.4 Å². The Labute approximate surface area is 409 Å². The number of fused-ring (bicyclic) bond motifs is 2. The number of anilines is 2. The molecule has 0 unspecified atom stereocenters. The minimum Gasteiger partial charge on any atom is -0.394 e. The van der Waals surface area contributed by atoms with Crippen molar-refractivity contribution in [1.29, 1.82) is 0 Å². The molecule has 1 fully saturated rings. The first-order valence-corrected chi connectivity index (χ1v) is 27.7. The minimum atomic E-state index is -4.08. The number of aliphatic hydroxyl groups is 2. The summed E-state index contributed by atoms with van der Waals surface area (Å²) in [7, 11) is -8.17. The molecule has 5 N–H and O–H groups in total. The van der Waals surface area contributed by atoms with Gasteiger partial charge in [-0.2, -0.15) is 26.4 Å². The molecule has 0 radical (unpaired) electrons. The molecule has 0 spiro atoms. The lowest BCUT2D eigenvalue weighted by molar-refractivity contribution is -0.438. The Bertz CT molecular complexity index is 2870. The van der Waals surface area contributed by atoms with Crippen molar-refractivity contribution in [2.24, 2.45) is 0 Å². The van der Waals surface area contributed by atoms with Gasteiger partial charge in [-0.3, -0.25) is 18.5 Å². The number of carbonyl (C=O) groups is 1. The van der Waals surface area contributed by atoms with Gasteiger partial charge in [-0.25, -0.2) is 4.79 Å². The van der Waals surface area contributed by atoms with E-state index in [4.69, 9.17) is 4.74 Å². The number of carbonyl (C=O) groups excluding carboxylic acids is 1. The summed E-state index contributed by atoms with van der Waals surface area (Å²) in [6, 6.07) is 17.9. The molecule has 2 aromatic carbocycles. The number of allylic oxidation sites excluding steroid dienone is 7. The van der Waals surface area contributed by atoms with E-state index in [1.807, 2.05) is 24.3 Å². The van der Waals surface area contributed by atoms with Crippen molar-refractivity contribution in [2.75, 3.05) is 47.2 Å². The van der Waals surface area contributed by atoms with Crippen LogP contribution in [0.4, 0.5) is 17.2 Å². The standard InChI is InChI=1S/C50H63N5O11S3/c1-49(2)36-16-5-7-18-38(36)53(26-9-11-30-68(60,61)62)42(49)22-20-34-14-13-15-35(21-23-43-50(3,4)37-17-6-8-19-39(37)54(43)27-10-12-31-69(63,64)65)47(34)67-29-25-45(58)51-44-24-28-55(48(59)52-44)46-32-40(57)41(33-56)66-46/h5-8,16-24,28,40-41,46,56-57H,9-15,25-27,29-33H2,1-4H3,(H2-,51,52,58,59,60,61,62,63,64,65)/p+1/t40-,41+,46+/m0/s1. The van der Waals surface area contributed by atoms with Crippen molar-refractivity contribution in [3.8, 4) is 0 Å². The number of aromatic nitrogens is 2. The third kappa shape index (κ3) is 12.4. The molecule has 69 heavy (non-hydrogen) atoms. The van der Waals surface area contributed by atoms with Gasteiger partial charge in [0.25, 0.3) is 20.2 Å². The number of nitrogens with one attached hydrogen (secondary N) is 1. The zero-order valence-electron chi connectivity index (χ0n) is 39.6. The average Bonchev–Trinajstić information content (AvgIpc) is 3.84. The Morgan fingerprint density at radius 1 is 0.913 bits per heavy atom. The third-order valence-corrected chi connectivity index (χ3v) is 16.2. The summed E-state index contributed by atoms with van der Waals surface area (Å²) in [5.74, 6) is -0.457. The average molecular weight is 1010 g/mol. The molecule has 3 aromatic rings. The number of thioether (sulfide) groups is 1. The van der Waals surface area contributed by atoms with Gasteiger partial charge < -0.3 is 25.2 Å². The predicted octanol–water partition coefficient (Wildman–Crippen LogP) is 6.96. The van der Waals surface area contributed by atoms with Crippen molar-refractivity contribution >= 4 is 60.8 Å². The first-order valence-electron chi connectivity index (χ1n) is 23.5. The number of amides is 1. The Morgan fingerprint density at radius 3 is 2.30 bits per heavy atom. The van der Waals surface area contributed by atoms with Crippen LogP contribution in [0.25, 0.3) is 0 Å². The number of ether oxygens (including phenoxy) is 1. The number of nitrogens with zero attached hydrogens (tertiary/aromatic N) is 4. The quantitative estimate of drug-likeness (QED) is 0.0438. The monoisotopic (exact) mass is 1010 g/mol. The molecule has 16 nitrogen and oxygen atoms in total. The maximum Gasteiger partial charge on any atom is 0.351 e. The van der Waals surface area contributed by atoms with Gasteiger partial charge in [0.05, 0.1) is 29.6 Å². The van der Waals surface area contributed by atoms with Gasteiger partial charge in [0.1, 0.15) is 24.7 Å². The van der Waals surface area contributed by atoms with Crippen molar-refractivity contribution in [3.05, 3.63) is 128 Å². The number of unbranched alkanes of at least 4 members (excludes halogenated alkanes) is 2. The smallest absolute Gasteiger partial charge is 0.351 e. The fourth-order valence-electron chi connectivity index (χ4n) is 9.84. The van der Waals surface area contributed by atoms with E-state index < -0.39 is 44.4 Å². The summed E-state index contributed by atoms with van der Waals surface area (Å²) in [6.07, 6.45) is 12.0. The molecular weight excluding hydrogens is 943 g/mol. The SMILES string of the molecule is CC1(C)C(/C=C/C2=C(SCCC(=O)Nc3ccn([C@H]4C[C@H](O)[C@@H](CO)O4)c(=O)n3)C(=C/C=C3/N(CCCCS(=O)(=O)O)c4ccccc4C3(C)C)/CCC2)=[N+](CCCCS(=O)(=O)O)c2ccccc21. The molecule has 3 atom stereocenters. The fraction of sp³-hybridized carbons (Fsp3) is 0.480. The predicted molar refractivity (Wildman–Crippen MR) is 269 cm³/mol. The largest absolute Gasteiger partial charge is 0.394 e. The van der Waals surface area contributed by atoms with Gasteiger partial charge in [-0.15, -0.1) is 11.8 Å². The summed E-state index contributed by atoms with van der Waals surface area (Å²) in [5, 5.41) is 22.4. The van der Waals surface area contributed by atoms with Crippen LogP contribution in [-0.4, -0.2) is 111 Å². The third-order valence-electron chi connectivity index (χ3n) is 13.4. The maximum atomic E-state index is 13.4. The van der Waals surface area contributed by atoms with E-state index in [1.54, 1.807) is 11.8 Å². The van der Waals surface area contributed by atoms with Gasteiger partial charge in [-0.05, 0) is 87.3 Å². The van der Waals surface area contributed by atoms with Crippen LogP contribution in [0, 0.1) is 0 Å². The van der Waals surface area contributed by atoms with Crippen LogP contribution in [0.3, 0.4) is 0 Å². The minimum absolute atomic E-state index is 0.0821. The lowest BCUT2D eigenvalue weighted by atomic mass is 9.81. The summed E-state index contributed by atoms with van der Waals surface area (Å²) in [6.45, 7) is 9.43. The number of aliphatic hydroxyl groups excluding tert-OH is 2. The number of benzene rings is 2. The molecule has 0 saturated carbocycles. The highest BCUT2D eigenvalue weighted by atomic mass is 32.2. The van der Waals surface area contributed by atoms with E-state index in [1.165, 1.54) is 16.8 Å². The second kappa shape index (κ2) is 21.7. The van der Waals surface area contributed by atoms with Gasteiger partial charge in [0, 0.05) is 77.2 Å². The normalized spacial score (nSPS) is 22.3. The van der Waals surface area contributed by atoms with E-state index >= 15 is 0 Å². The number of para-hydroxylation sites is 2. The first-order chi connectivity index (χ1) is 32.7. The van der Waals surface area contributed by atoms with E-state index in [0.717, 1.165) is 69.2 Å². The Balaban J connectivity index is 1.19. The van der Waals surface area contributed by atoms with E-state index in [9.17, 15) is 45.7 Å². The second-order valence-corrected chi connectivity index (χ2v) is 23.3. The first kappa shape index (κ1) is 52.1. The molecule has 7 rings (SSSR count). The molecule has 1 amide bonds. The van der Waals surface area contributed by atoms with Crippen LogP contribution >= 0.6 is 11.8 Å².